The largest absolute Gasteiger partial charge is 0.398 e. The maximum absolute atomic E-state index is 11.5. The predicted molar refractivity (Wildman–Crippen MR) is 67.4 cm³/mol. The number of rotatable bonds is 4. The molecular weight excluding hydrogens is 202 g/mol. The number of nitrogen functional groups attached to an aromatic ring is 1. The second kappa shape index (κ2) is 5.39. The van der Waals surface area contributed by atoms with E-state index in [1.165, 1.54) is 0 Å². The summed E-state index contributed by atoms with van der Waals surface area (Å²) < 4.78 is 0. The molecule has 0 radical (unpaired) electrons. The van der Waals surface area contributed by atoms with Crippen LogP contribution in [-0.4, -0.2) is 18.5 Å². The van der Waals surface area contributed by atoms with Crippen LogP contribution in [0.4, 0.5) is 11.4 Å². The van der Waals surface area contributed by atoms with Gasteiger partial charge in [-0.25, -0.2) is 0 Å². The van der Waals surface area contributed by atoms with Crippen molar-refractivity contribution in [2.75, 3.05) is 17.6 Å². The Labute approximate surface area is 96.2 Å². The Morgan fingerprint density at radius 3 is 2.81 bits per heavy atom. The number of nitrogens with two attached hydrogens (primary N) is 1. The minimum absolute atomic E-state index is 0.00988. The van der Waals surface area contributed by atoms with E-state index in [0.29, 0.717) is 6.54 Å². The van der Waals surface area contributed by atoms with Crippen molar-refractivity contribution < 1.29 is 4.79 Å². The van der Waals surface area contributed by atoms with Gasteiger partial charge in [-0.15, -0.1) is 0 Å². The van der Waals surface area contributed by atoms with E-state index < -0.39 is 0 Å². The highest BCUT2D eigenvalue weighted by atomic mass is 16.2. The zero-order valence-corrected chi connectivity index (χ0v) is 10.0. The summed E-state index contributed by atoms with van der Waals surface area (Å²) in [4.78, 5) is 11.5. The number of anilines is 2. The molecule has 0 fully saturated rings. The van der Waals surface area contributed by atoms with Crippen LogP contribution in [-0.2, 0) is 4.79 Å². The van der Waals surface area contributed by atoms with Gasteiger partial charge in [-0.05, 0) is 38.5 Å². The maximum Gasteiger partial charge on any atom is 0.242 e. The molecule has 0 aromatic heterocycles. The van der Waals surface area contributed by atoms with E-state index in [2.05, 4.69) is 10.6 Å². The zero-order chi connectivity index (χ0) is 12.1. The molecular formula is C12H19N3O. The van der Waals surface area contributed by atoms with Crippen molar-refractivity contribution in [3.8, 4) is 0 Å². The van der Waals surface area contributed by atoms with Crippen LogP contribution in [0.25, 0.3) is 0 Å². The van der Waals surface area contributed by atoms with Gasteiger partial charge in [0.1, 0.15) is 6.04 Å². The third-order valence-corrected chi connectivity index (χ3v) is 2.49. The maximum atomic E-state index is 11.5. The molecule has 0 aliphatic carbocycles. The molecule has 1 atom stereocenters. The van der Waals surface area contributed by atoms with E-state index in [4.69, 9.17) is 5.73 Å². The van der Waals surface area contributed by atoms with Crippen molar-refractivity contribution in [1.29, 1.82) is 0 Å². The van der Waals surface area contributed by atoms with Gasteiger partial charge in [0, 0.05) is 17.9 Å². The van der Waals surface area contributed by atoms with Crippen molar-refractivity contribution >= 4 is 17.3 Å². The molecule has 1 aromatic rings. The number of amides is 1. The lowest BCUT2D eigenvalue weighted by atomic mass is 10.1. The van der Waals surface area contributed by atoms with E-state index in [-0.39, 0.29) is 11.9 Å². The molecule has 1 amide bonds. The molecule has 1 rings (SSSR count). The van der Waals surface area contributed by atoms with Crippen molar-refractivity contribution in [3.63, 3.8) is 0 Å². The summed E-state index contributed by atoms with van der Waals surface area (Å²) in [7, 11) is 0. The highest BCUT2D eigenvalue weighted by molar-refractivity contribution is 5.84. The number of likely N-dealkylation sites (N-methyl/N-ethyl adjacent to an activating group) is 1. The Bertz CT molecular complexity index is 377. The van der Waals surface area contributed by atoms with Crippen LogP contribution in [0.15, 0.2) is 18.2 Å². The number of hydrogen-bond donors (Lipinski definition) is 3. The minimum atomic E-state index is -0.263. The summed E-state index contributed by atoms with van der Waals surface area (Å²) in [6.07, 6.45) is 0. The standard InChI is InChI=1S/C12H19N3O/c1-4-14-12(16)9(3)15-11-7-5-6-10(13)8(11)2/h5-7,9,15H,4,13H2,1-3H3,(H,14,16). The van der Waals surface area contributed by atoms with E-state index in [1.54, 1.807) is 0 Å². The lowest BCUT2D eigenvalue weighted by Crippen LogP contribution is -2.37. The fraction of sp³-hybridized carbons (Fsp3) is 0.417. The zero-order valence-electron chi connectivity index (χ0n) is 10.0. The van der Waals surface area contributed by atoms with Gasteiger partial charge in [-0.1, -0.05) is 6.07 Å². The first-order chi connectivity index (χ1) is 7.56. The van der Waals surface area contributed by atoms with Gasteiger partial charge >= 0.3 is 0 Å². The Kier molecular flexibility index (Phi) is 4.17. The summed E-state index contributed by atoms with van der Waals surface area (Å²) in [6.45, 7) is 6.30. The Balaban J connectivity index is 2.73. The highest BCUT2D eigenvalue weighted by Gasteiger charge is 2.12. The number of carbonyl (C=O) groups excluding carboxylic acids is 1. The topological polar surface area (TPSA) is 67.2 Å². The first-order valence-electron chi connectivity index (χ1n) is 5.45. The highest BCUT2D eigenvalue weighted by Crippen LogP contribution is 2.20. The van der Waals surface area contributed by atoms with Gasteiger partial charge < -0.3 is 16.4 Å². The molecule has 88 valence electrons. The molecule has 1 aromatic carbocycles. The van der Waals surface area contributed by atoms with Crippen LogP contribution in [0.3, 0.4) is 0 Å². The number of nitrogens with one attached hydrogen (secondary N) is 2. The minimum Gasteiger partial charge on any atom is -0.398 e. The molecule has 0 spiro atoms. The van der Waals surface area contributed by atoms with Crippen molar-refractivity contribution in [3.05, 3.63) is 23.8 Å². The Hall–Kier alpha value is -1.71. The normalized spacial score (nSPS) is 11.9. The quantitative estimate of drug-likeness (QED) is 0.675. The van der Waals surface area contributed by atoms with Crippen LogP contribution in [0.5, 0.6) is 0 Å². The van der Waals surface area contributed by atoms with Crippen molar-refractivity contribution in [2.45, 2.75) is 26.8 Å². The van der Waals surface area contributed by atoms with Gasteiger partial charge in [0.15, 0.2) is 0 Å². The monoisotopic (exact) mass is 221 g/mol. The van der Waals surface area contributed by atoms with E-state index >= 15 is 0 Å². The average molecular weight is 221 g/mol. The SMILES string of the molecule is CCNC(=O)C(C)Nc1cccc(N)c1C. The Morgan fingerprint density at radius 2 is 2.19 bits per heavy atom. The second-order valence-electron chi connectivity index (χ2n) is 3.78. The molecule has 4 nitrogen and oxygen atoms in total. The molecule has 0 bridgehead atoms. The molecule has 4 N–H and O–H groups in total. The van der Waals surface area contributed by atoms with Crippen LogP contribution in [0, 0.1) is 6.92 Å². The Morgan fingerprint density at radius 1 is 1.50 bits per heavy atom. The number of carbonyl (C=O) groups is 1. The second-order valence-corrected chi connectivity index (χ2v) is 3.78. The molecule has 1 unspecified atom stereocenters. The van der Waals surface area contributed by atoms with Crippen LogP contribution >= 0.6 is 0 Å². The van der Waals surface area contributed by atoms with Gasteiger partial charge in [0.05, 0.1) is 0 Å². The smallest absolute Gasteiger partial charge is 0.242 e. The summed E-state index contributed by atoms with van der Waals surface area (Å²) in [6, 6.07) is 5.37. The van der Waals surface area contributed by atoms with Crippen LogP contribution in [0.2, 0.25) is 0 Å². The summed E-state index contributed by atoms with van der Waals surface area (Å²) >= 11 is 0. The molecule has 0 aliphatic heterocycles. The molecule has 4 heteroatoms. The van der Waals surface area contributed by atoms with E-state index in [9.17, 15) is 4.79 Å². The summed E-state index contributed by atoms with van der Waals surface area (Å²) in [5, 5.41) is 5.91. The van der Waals surface area contributed by atoms with Crippen LogP contribution in [0.1, 0.15) is 19.4 Å². The number of benzene rings is 1. The molecule has 16 heavy (non-hydrogen) atoms. The third-order valence-electron chi connectivity index (χ3n) is 2.49. The number of hydrogen-bond acceptors (Lipinski definition) is 3. The lowest BCUT2D eigenvalue weighted by Gasteiger charge is -2.17. The summed E-state index contributed by atoms with van der Waals surface area (Å²) in [5.74, 6) is -0.00988. The van der Waals surface area contributed by atoms with Gasteiger partial charge in [0.2, 0.25) is 5.91 Å². The first-order valence-corrected chi connectivity index (χ1v) is 5.45. The predicted octanol–water partition coefficient (Wildman–Crippen LogP) is 1.51. The fourth-order valence-electron chi connectivity index (χ4n) is 1.44. The van der Waals surface area contributed by atoms with E-state index in [1.807, 2.05) is 39.0 Å². The van der Waals surface area contributed by atoms with Crippen molar-refractivity contribution in [1.82, 2.24) is 5.32 Å². The van der Waals surface area contributed by atoms with Crippen LogP contribution < -0.4 is 16.4 Å². The third kappa shape index (κ3) is 2.89. The molecule has 0 aliphatic rings. The van der Waals surface area contributed by atoms with E-state index in [0.717, 1.165) is 16.9 Å². The molecule has 0 saturated carbocycles. The van der Waals surface area contributed by atoms with Crippen molar-refractivity contribution in [2.24, 2.45) is 0 Å². The van der Waals surface area contributed by atoms with Gasteiger partial charge in [0.25, 0.3) is 0 Å². The first kappa shape index (κ1) is 12.4. The summed E-state index contributed by atoms with van der Waals surface area (Å²) in [5.41, 5.74) is 8.39. The molecule has 0 heterocycles. The van der Waals surface area contributed by atoms with Gasteiger partial charge in [-0.3, -0.25) is 4.79 Å². The fourth-order valence-corrected chi connectivity index (χ4v) is 1.44. The molecule has 0 saturated heterocycles. The van der Waals surface area contributed by atoms with Gasteiger partial charge in [-0.2, -0.15) is 0 Å². The lowest BCUT2D eigenvalue weighted by molar-refractivity contribution is -0.121. The average Bonchev–Trinajstić information content (AvgIpc) is 2.25.